The van der Waals surface area contributed by atoms with Crippen molar-refractivity contribution in [2.45, 2.75) is 36.5 Å². The molecule has 10 heteroatoms. The number of hydrogen-bond acceptors (Lipinski definition) is 4. The zero-order valence-corrected chi connectivity index (χ0v) is 16.7. The fourth-order valence-electron chi connectivity index (χ4n) is 3.40. The molecule has 0 unspecified atom stereocenters. The van der Waals surface area contributed by atoms with Gasteiger partial charge in [0.15, 0.2) is 0 Å². The fourth-order valence-corrected chi connectivity index (χ4v) is 4.14. The van der Waals surface area contributed by atoms with E-state index < -0.39 is 39.6 Å². The zero-order chi connectivity index (χ0) is 21.8. The summed E-state index contributed by atoms with van der Waals surface area (Å²) in [4.78, 5) is 12.8. The standard InChI is InChI=1S/C20H22F3N3O3S/c21-20(22,23)30(28,29)26-18(15-10-5-2-6-11-15)17(14-8-3-1-4-9-14)25-19(27)16-12-7-13-24-16/h1-6,8-11,16-18,24,26H,7,12-13H2,(H,25,27)/t16-,17+,18+/m1/s1. The normalized spacial score (nSPS) is 19.2. The SMILES string of the molecule is O=C(N[C@@H](c1ccccc1)[C@@H](NS(=O)(=O)C(F)(F)F)c1ccccc1)[C@H]1CCCN1. The lowest BCUT2D eigenvalue weighted by Crippen LogP contribution is -2.48. The van der Waals surface area contributed by atoms with Gasteiger partial charge in [-0.3, -0.25) is 4.79 Å². The Balaban J connectivity index is 2.02. The number of nitrogens with one attached hydrogen (secondary N) is 3. The molecule has 3 rings (SSSR count). The molecule has 1 fully saturated rings. The maximum absolute atomic E-state index is 13.1. The van der Waals surface area contributed by atoms with E-state index in [0.717, 1.165) is 6.42 Å². The lowest BCUT2D eigenvalue weighted by Gasteiger charge is -2.30. The van der Waals surface area contributed by atoms with Crippen molar-refractivity contribution in [3.8, 4) is 0 Å². The third-order valence-electron chi connectivity index (χ3n) is 4.91. The van der Waals surface area contributed by atoms with Crippen LogP contribution in [0.4, 0.5) is 13.2 Å². The van der Waals surface area contributed by atoms with Gasteiger partial charge in [-0.1, -0.05) is 60.7 Å². The number of carbonyl (C=O) groups is 1. The van der Waals surface area contributed by atoms with Crippen LogP contribution >= 0.6 is 0 Å². The topological polar surface area (TPSA) is 87.3 Å². The first-order chi connectivity index (χ1) is 14.2. The predicted octanol–water partition coefficient (Wildman–Crippen LogP) is 2.78. The molecule has 1 aliphatic rings. The second-order valence-corrected chi connectivity index (χ2v) is 8.71. The molecule has 0 aliphatic carbocycles. The molecule has 0 bridgehead atoms. The third kappa shape index (κ3) is 5.18. The molecule has 1 saturated heterocycles. The highest BCUT2D eigenvalue weighted by molar-refractivity contribution is 7.90. The minimum atomic E-state index is -5.67. The van der Waals surface area contributed by atoms with Gasteiger partial charge in [0, 0.05) is 0 Å². The van der Waals surface area contributed by atoms with Crippen molar-refractivity contribution >= 4 is 15.9 Å². The van der Waals surface area contributed by atoms with Crippen LogP contribution in [0.25, 0.3) is 0 Å². The van der Waals surface area contributed by atoms with Gasteiger partial charge in [-0.25, -0.2) is 8.42 Å². The van der Waals surface area contributed by atoms with Gasteiger partial charge in [-0.2, -0.15) is 17.9 Å². The summed E-state index contributed by atoms with van der Waals surface area (Å²) < 4.78 is 65.1. The van der Waals surface area contributed by atoms with Crippen molar-refractivity contribution in [3.63, 3.8) is 0 Å². The number of amides is 1. The van der Waals surface area contributed by atoms with Crippen LogP contribution in [-0.4, -0.2) is 32.4 Å². The molecule has 162 valence electrons. The van der Waals surface area contributed by atoms with E-state index in [9.17, 15) is 26.4 Å². The predicted molar refractivity (Wildman–Crippen MR) is 106 cm³/mol. The molecule has 3 N–H and O–H groups in total. The smallest absolute Gasteiger partial charge is 0.346 e. The van der Waals surface area contributed by atoms with Gasteiger partial charge in [0.1, 0.15) is 0 Å². The van der Waals surface area contributed by atoms with Crippen LogP contribution in [-0.2, 0) is 14.8 Å². The summed E-state index contributed by atoms with van der Waals surface area (Å²) in [6.07, 6.45) is 1.40. The molecular formula is C20H22F3N3O3S. The largest absolute Gasteiger partial charge is 0.511 e. The Hall–Kier alpha value is -2.43. The zero-order valence-electron chi connectivity index (χ0n) is 15.9. The van der Waals surface area contributed by atoms with Crippen molar-refractivity contribution in [1.29, 1.82) is 0 Å². The number of halogens is 3. The highest BCUT2D eigenvalue weighted by Crippen LogP contribution is 2.33. The van der Waals surface area contributed by atoms with E-state index in [1.165, 1.54) is 12.1 Å². The average molecular weight is 441 g/mol. The van der Waals surface area contributed by atoms with Gasteiger partial charge >= 0.3 is 15.5 Å². The van der Waals surface area contributed by atoms with Crippen LogP contribution < -0.4 is 15.4 Å². The molecule has 1 heterocycles. The van der Waals surface area contributed by atoms with E-state index in [1.54, 1.807) is 53.3 Å². The van der Waals surface area contributed by atoms with Crippen LogP contribution in [0, 0.1) is 0 Å². The number of rotatable bonds is 7. The molecule has 6 nitrogen and oxygen atoms in total. The number of hydrogen-bond donors (Lipinski definition) is 3. The Kier molecular flexibility index (Phi) is 6.79. The van der Waals surface area contributed by atoms with E-state index >= 15 is 0 Å². The third-order valence-corrected chi connectivity index (χ3v) is 6.09. The Labute approximate surface area is 172 Å². The minimum Gasteiger partial charge on any atom is -0.346 e. The van der Waals surface area contributed by atoms with Crippen LogP contribution in [0.3, 0.4) is 0 Å². The van der Waals surface area contributed by atoms with Crippen molar-refractivity contribution in [3.05, 3.63) is 71.8 Å². The van der Waals surface area contributed by atoms with Crippen LogP contribution in [0.15, 0.2) is 60.7 Å². The van der Waals surface area contributed by atoms with Crippen LogP contribution in [0.1, 0.15) is 36.1 Å². The highest BCUT2D eigenvalue weighted by atomic mass is 32.2. The molecule has 3 atom stereocenters. The maximum atomic E-state index is 13.1. The first kappa shape index (κ1) is 22.3. The molecule has 1 aliphatic heterocycles. The number of alkyl halides is 3. The molecule has 1 amide bonds. The van der Waals surface area contributed by atoms with E-state index in [1.807, 2.05) is 0 Å². The van der Waals surface area contributed by atoms with E-state index in [4.69, 9.17) is 0 Å². The van der Waals surface area contributed by atoms with Crippen molar-refractivity contribution in [2.75, 3.05) is 6.54 Å². The molecule has 0 spiro atoms. The first-order valence-electron chi connectivity index (χ1n) is 9.41. The molecule has 0 saturated carbocycles. The first-order valence-corrected chi connectivity index (χ1v) is 10.9. The van der Waals surface area contributed by atoms with Crippen molar-refractivity contribution in [2.24, 2.45) is 0 Å². The summed E-state index contributed by atoms with van der Waals surface area (Å²) in [6, 6.07) is 13.3. The summed E-state index contributed by atoms with van der Waals surface area (Å²) in [5, 5.41) is 5.79. The molecule has 30 heavy (non-hydrogen) atoms. The lowest BCUT2D eigenvalue weighted by molar-refractivity contribution is -0.123. The van der Waals surface area contributed by atoms with E-state index in [0.29, 0.717) is 24.1 Å². The van der Waals surface area contributed by atoms with Gasteiger partial charge in [-0.05, 0) is 30.5 Å². The summed E-state index contributed by atoms with van der Waals surface area (Å²) in [6.45, 7) is 0.664. The molecule has 0 radical (unpaired) electrons. The summed E-state index contributed by atoms with van der Waals surface area (Å²) in [5.74, 6) is -0.395. The monoisotopic (exact) mass is 441 g/mol. The highest BCUT2D eigenvalue weighted by Gasteiger charge is 2.48. The second-order valence-electron chi connectivity index (χ2n) is 7.00. The van der Waals surface area contributed by atoms with Gasteiger partial charge in [-0.15, -0.1) is 0 Å². The van der Waals surface area contributed by atoms with E-state index in [2.05, 4.69) is 10.6 Å². The average Bonchev–Trinajstić information content (AvgIpc) is 3.26. The van der Waals surface area contributed by atoms with Crippen LogP contribution in [0.2, 0.25) is 0 Å². The lowest BCUT2D eigenvalue weighted by atomic mass is 9.93. The molecule has 2 aromatic carbocycles. The summed E-state index contributed by atoms with van der Waals surface area (Å²) in [5.41, 5.74) is -4.72. The van der Waals surface area contributed by atoms with E-state index in [-0.39, 0.29) is 0 Å². The maximum Gasteiger partial charge on any atom is 0.511 e. The molecular weight excluding hydrogens is 419 g/mol. The Morgan fingerprint density at radius 3 is 1.97 bits per heavy atom. The molecule has 2 aromatic rings. The second kappa shape index (κ2) is 9.15. The van der Waals surface area contributed by atoms with Gasteiger partial charge in [0.2, 0.25) is 5.91 Å². The van der Waals surface area contributed by atoms with Gasteiger partial charge in [0.25, 0.3) is 0 Å². The minimum absolute atomic E-state index is 0.291. The fraction of sp³-hybridized carbons (Fsp3) is 0.350. The van der Waals surface area contributed by atoms with Gasteiger partial charge < -0.3 is 10.6 Å². The molecule has 0 aromatic heterocycles. The number of sulfonamides is 1. The summed E-state index contributed by atoms with van der Waals surface area (Å²) in [7, 11) is -5.67. The Morgan fingerprint density at radius 2 is 1.50 bits per heavy atom. The van der Waals surface area contributed by atoms with Gasteiger partial charge in [0.05, 0.1) is 18.1 Å². The Bertz CT molecular complexity index is 948. The summed E-state index contributed by atoms with van der Waals surface area (Å²) >= 11 is 0. The Morgan fingerprint density at radius 1 is 0.967 bits per heavy atom. The van der Waals surface area contributed by atoms with Crippen molar-refractivity contribution < 1.29 is 26.4 Å². The number of carbonyl (C=O) groups excluding carboxylic acids is 1. The van der Waals surface area contributed by atoms with Crippen LogP contribution in [0.5, 0.6) is 0 Å². The van der Waals surface area contributed by atoms with Crippen molar-refractivity contribution in [1.82, 2.24) is 15.4 Å². The number of benzene rings is 2. The quantitative estimate of drug-likeness (QED) is 0.617.